The number of imidazole rings is 1. The summed E-state index contributed by atoms with van der Waals surface area (Å²) < 4.78 is 0. The van der Waals surface area contributed by atoms with Gasteiger partial charge in [0.05, 0.1) is 18.3 Å². The van der Waals surface area contributed by atoms with Crippen LogP contribution in [0.4, 0.5) is 0 Å². The van der Waals surface area contributed by atoms with Crippen LogP contribution in [-0.4, -0.2) is 80.4 Å². The van der Waals surface area contributed by atoms with Gasteiger partial charge in [-0.2, -0.15) is 0 Å². The van der Waals surface area contributed by atoms with Gasteiger partial charge in [0, 0.05) is 24.9 Å². The summed E-state index contributed by atoms with van der Waals surface area (Å²) in [5, 5.41) is 24.3. The maximum Gasteiger partial charge on any atom is 0.475 e. The number of H-pyrrole nitrogens is 1. The normalized spacial score (nSPS) is 19.3. The molecule has 1 aliphatic rings. The molecule has 0 radical (unpaired) electrons. The highest BCUT2D eigenvalue weighted by molar-refractivity contribution is 6.43. The molecular formula is C18H31BN6O5. The van der Waals surface area contributed by atoms with Crippen LogP contribution < -0.4 is 16.4 Å². The molecule has 2 heterocycles. The van der Waals surface area contributed by atoms with Gasteiger partial charge in [-0.25, -0.2) is 4.98 Å². The second-order valence-corrected chi connectivity index (χ2v) is 8.00. The number of rotatable bonds is 9. The first-order valence-corrected chi connectivity index (χ1v) is 10.1. The fourth-order valence-electron chi connectivity index (χ4n) is 3.46. The van der Waals surface area contributed by atoms with Crippen LogP contribution in [0.3, 0.4) is 0 Å². The van der Waals surface area contributed by atoms with Crippen LogP contribution in [0, 0.1) is 5.92 Å². The van der Waals surface area contributed by atoms with Gasteiger partial charge in [-0.15, -0.1) is 0 Å². The van der Waals surface area contributed by atoms with Crippen molar-refractivity contribution in [3.05, 3.63) is 18.2 Å². The lowest BCUT2D eigenvalue weighted by Gasteiger charge is -2.31. The number of nitrogens with two attached hydrogens (primary N) is 1. The lowest BCUT2D eigenvalue weighted by atomic mass is 9.77. The lowest BCUT2D eigenvalue weighted by Crippen LogP contribution is -2.58. The van der Waals surface area contributed by atoms with Crippen LogP contribution >= 0.6 is 0 Å². The number of nitrogens with one attached hydrogen (secondary N) is 3. The van der Waals surface area contributed by atoms with Gasteiger partial charge in [0.1, 0.15) is 12.1 Å². The molecule has 166 valence electrons. The van der Waals surface area contributed by atoms with E-state index in [2.05, 4.69) is 20.6 Å². The van der Waals surface area contributed by atoms with Gasteiger partial charge in [0.25, 0.3) is 0 Å². The van der Waals surface area contributed by atoms with Crippen molar-refractivity contribution in [2.45, 2.75) is 64.1 Å². The molecule has 11 nitrogen and oxygen atoms in total. The fourth-order valence-corrected chi connectivity index (χ4v) is 3.46. The minimum absolute atomic E-state index is 0.232. The predicted octanol–water partition coefficient (Wildman–Crippen LogP) is -2.07. The van der Waals surface area contributed by atoms with Crippen LogP contribution in [0.1, 0.15) is 39.3 Å². The first kappa shape index (κ1) is 23.8. The molecular weight excluding hydrogens is 391 g/mol. The van der Waals surface area contributed by atoms with E-state index in [0.717, 1.165) is 0 Å². The summed E-state index contributed by atoms with van der Waals surface area (Å²) in [4.78, 5) is 46.0. The molecule has 0 spiro atoms. The zero-order valence-corrected chi connectivity index (χ0v) is 17.5. The average Bonchev–Trinajstić information content (AvgIpc) is 3.36. The number of aromatic nitrogens is 2. The highest BCUT2D eigenvalue weighted by Gasteiger charge is 2.40. The minimum atomic E-state index is -1.63. The van der Waals surface area contributed by atoms with E-state index in [1.54, 1.807) is 20.0 Å². The van der Waals surface area contributed by atoms with E-state index in [1.165, 1.54) is 18.2 Å². The number of nitrogens with zero attached hydrogens (tertiary/aromatic N) is 2. The fraction of sp³-hybridized carbons (Fsp3) is 0.667. The maximum absolute atomic E-state index is 12.9. The van der Waals surface area contributed by atoms with E-state index in [1.807, 2.05) is 0 Å². The van der Waals surface area contributed by atoms with E-state index in [9.17, 15) is 24.4 Å². The number of aromatic amines is 1. The molecule has 0 aliphatic carbocycles. The topological polar surface area (TPSA) is 174 Å². The van der Waals surface area contributed by atoms with Gasteiger partial charge in [-0.3, -0.25) is 14.4 Å². The summed E-state index contributed by atoms with van der Waals surface area (Å²) in [6.45, 7) is 5.48. The molecule has 30 heavy (non-hydrogen) atoms. The van der Waals surface area contributed by atoms with Crippen molar-refractivity contribution in [2.75, 3.05) is 6.54 Å². The van der Waals surface area contributed by atoms with Crippen molar-refractivity contribution in [3.63, 3.8) is 0 Å². The third-order valence-electron chi connectivity index (χ3n) is 5.24. The summed E-state index contributed by atoms with van der Waals surface area (Å²) in [5.41, 5.74) is 6.58. The number of hydrogen-bond donors (Lipinski definition) is 6. The Hall–Kier alpha value is -2.44. The minimum Gasteiger partial charge on any atom is -0.426 e. The molecule has 1 fully saturated rings. The molecule has 4 atom stereocenters. The molecule has 0 aromatic carbocycles. The van der Waals surface area contributed by atoms with Crippen molar-refractivity contribution in [1.29, 1.82) is 0 Å². The Kier molecular flexibility index (Phi) is 8.38. The Bertz CT molecular complexity index is 729. The van der Waals surface area contributed by atoms with Crippen LogP contribution in [-0.2, 0) is 20.8 Å². The van der Waals surface area contributed by atoms with Gasteiger partial charge in [-0.05, 0) is 25.7 Å². The van der Waals surface area contributed by atoms with Crippen molar-refractivity contribution in [2.24, 2.45) is 11.7 Å². The van der Waals surface area contributed by atoms with Crippen LogP contribution in [0.5, 0.6) is 0 Å². The smallest absolute Gasteiger partial charge is 0.426 e. The van der Waals surface area contributed by atoms with E-state index in [4.69, 9.17) is 5.73 Å². The van der Waals surface area contributed by atoms with Gasteiger partial charge < -0.3 is 36.3 Å². The lowest BCUT2D eigenvalue weighted by molar-refractivity contribution is -0.138. The molecule has 7 N–H and O–H groups in total. The van der Waals surface area contributed by atoms with Crippen molar-refractivity contribution < 1.29 is 24.4 Å². The second kappa shape index (κ2) is 10.6. The number of hydrogen-bond acceptors (Lipinski definition) is 7. The average molecular weight is 422 g/mol. The summed E-state index contributed by atoms with van der Waals surface area (Å²) in [6.07, 6.45) is 4.44. The number of likely N-dealkylation sites (tertiary alicyclic amines) is 1. The highest BCUT2D eigenvalue weighted by Crippen LogP contribution is 2.20. The second-order valence-electron chi connectivity index (χ2n) is 8.00. The molecule has 0 saturated carbocycles. The predicted molar refractivity (Wildman–Crippen MR) is 110 cm³/mol. The molecule has 1 aromatic rings. The summed E-state index contributed by atoms with van der Waals surface area (Å²) >= 11 is 0. The Morgan fingerprint density at radius 3 is 2.57 bits per heavy atom. The van der Waals surface area contributed by atoms with Gasteiger partial charge in [-0.1, -0.05) is 13.8 Å². The Morgan fingerprint density at radius 2 is 2.00 bits per heavy atom. The highest BCUT2D eigenvalue weighted by atomic mass is 16.4. The zero-order valence-electron chi connectivity index (χ0n) is 17.5. The SMILES string of the molecule is CC(C)[C@H](NC(=O)[C@H](C)NC(=O)[C@@H](N)Cc1cnc[nH]1)C(=O)N1CCC[C@H]1B(O)O. The Balaban J connectivity index is 1.95. The Labute approximate surface area is 175 Å². The molecule has 0 unspecified atom stereocenters. The first-order chi connectivity index (χ1) is 14.1. The number of carbonyl (C=O) groups is 3. The quantitative estimate of drug-likeness (QED) is 0.248. The maximum atomic E-state index is 12.9. The monoisotopic (exact) mass is 422 g/mol. The largest absolute Gasteiger partial charge is 0.475 e. The third kappa shape index (κ3) is 6.03. The zero-order chi connectivity index (χ0) is 22.4. The number of amides is 3. The van der Waals surface area contributed by atoms with E-state index in [0.29, 0.717) is 25.1 Å². The molecule has 1 aliphatic heterocycles. The van der Waals surface area contributed by atoms with E-state index in [-0.39, 0.29) is 18.2 Å². The molecule has 1 aromatic heterocycles. The van der Waals surface area contributed by atoms with Crippen LogP contribution in [0.2, 0.25) is 0 Å². The van der Waals surface area contributed by atoms with Gasteiger partial charge in [0.15, 0.2) is 0 Å². The van der Waals surface area contributed by atoms with Crippen LogP contribution in [0.15, 0.2) is 12.5 Å². The summed E-state index contributed by atoms with van der Waals surface area (Å²) in [6, 6.07) is -2.62. The molecule has 1 saturated heterocycles. The standard InChI is InChI=1S/C18H31BN6O5/c1-10(2)15(18(28)25-6-4-5-14(25)19(29)30)24-16(26)11(3)23-17(27)13(20)7-12-8-21-9-22-12/h8-11,13-15,29-30H,4-7,20H2,1-3H3,(H,21,22)(H,23,27)(H,24,26)/t11-,13-,14-,15-/m0/s1. The molecule has 3 amide bonds. The number of carbonyl (C=O) groups excluding carboxylic acids is 3. The Morgan fingerprint density at radius 1 is 1.30 bits per heavy atom. The summed E-state index contributed by atoms with van der Waals surface area (Å²) in [7, 11) is -1.63. The van der Waals surface area contributed by atoms with Crippen molar-refractivity contribution in [3.8, 4) is 0 Å². The van der Waals surface area contributed by atoms with Gasteiger partial charge in [0.2, 0.25) is 17.7 Å². The first-order valence-electron chi connectivity index (χ1n) is 10.1. The summed E-state index contributed by atoms with van der Waals surface area (Å²) in [5.74, 6) is -2.31. The molecule has 2 rings (SSSR count). The van der Waals surface area contributed by atoms with Gasteiger partial charge >= 0.3 is 7.12 Å². The van der Waals surface area contributed by atoms with Crippen LogP contribution in [0.25, 0.3) is 0 Å². The van der Waals surface area contributed by atoms with E-state index >= 15 is 0 Å². The van der Waals surface area contributed by atoms with Crippen molar-refractivity contribution in [1.82, 2.24) is 25.5 Å². The molecule has 12 heteroatoms. The third-order valence-corrected chi connectivity index (χ3v) is 5.24. The van der Waals surface area contributed by atoms with Crippen molar-refractivity contribution >= 4 is 24.8 Å². The van der Waals surface area contributed by atoms with E-state index < -0.39 is 43.0 Å². The molecule has 0 bridgehead atoms.